The highest BCUT2D eigenvalue weighted by Crippen LogP contribution is 2.17. The molecule has 0 fully saturated rings. The Labute approximate surface area is 128 Å². The number of hydrogen-bond donors (Lipinski definition) is 3. The van der Waals surface area contributed by atoms with Crippen molar-refractivity contribution < 1.29 is 4.79 Å². The number of amides is 2. The zero-order chi connectivity index (χ0) is 15.2. The van der Waals surface area contributed by atoms with E-state index in [-0.39, 0.29) is 6.03 Å². The van der Waals surface area contributed by atoms with Crippen LogP contribution < -0.4 is 10.6 Å². The number of benzene rings is 1. The van der Waals surface area contributed by atoms with E-state index in [1.54, 1.807) is 12.4 Å². The summed E-state index contributed by atoms with van der Waals surface area (Å²) < 4.78 is 0. The molecule has 2 heterocycles. The molecule has 3 N–H and O–H groups in total. The summed E-state index contributed by atoms with van der Waals surface area (Å²) in [6.45, 7) is 1.10. The highest BCUT2D eigenvalue weighted by Gasteiger charge is 2.04. The number of fused-ring (bicyclic) bond motifs is 1. The van der Waals surface area contributed by atoms with Crippen LogP contribution in [0.4, 0.5) is 4.79 Å². The van der Waals surface area contributed by atoms with Crippen molar-refractivity contribution in [3.8, 4) is 0 Å². The Morgan fingerprint density at radius 2 is 1.91 bits per heavy atom. The van der Waals surface area contributed by atoms with Gasteiger partial charge in [-0.2, -0.15) is 0 Å². The van der Waals surface area contributed by atoms with E-state index >= 15 is 0 Å². The van der Waals surface area contributed by atoms with Crippen LogP contribution in [0.5, 0.6) is 0 Å². The number of urea groups is 1. The number of para-hydroxylation sites is 1. The third kappa shape index (κ3) is 3.44. The van der Waals surface area contributed by atoms with E-state index < -0.39 is 0 Å². The number of rotatable bonds is 5. The van der Waals surface area contributed by atoms with Crippen LogP contribution >= 0.6 is 0 Å². The minimum Gasteiger partial charge on any atom is -0.361 e. The summed E-state index contributed by atoms with van der Waals surface area (Å²) in [5.41, 5.74) is 3.37. The molecule has 0 saturated carbocycles. The molecule has 0 aliphatic carbocycles. The quantitative estimate of drug-likeness (QED) is 0.677. The molecule has 0 aliphatic heterocycles. The monoisotopic (exact) mass is 294 g/mol. The lowest BCUT2D eigenvalue weighted by molar-refractivity contribution is 0.240. The van der Waals surface area contributed by atoms with Crippen molar-refractivity contribution in [2.75, 3.05) is 6.54 Å². The summed E-state index contributed by atoms with van der Waals surface area (Å²) >= 11 is 0. The van der Waals surface area contributed by atoms with Crippen LogP contribution in [0, 0.1) is 0 Å². The third-order valence-corrected chi connectivity index (χ3v) is 3.56. The molecule has 0 saturated heterocycles. The fourth-order valence-electron chi connectivity index (χ4n) is 2.39. The van der Waals surface area contributed by atoms with E-state index in [0.717, 1.165) is 17.5 Å². The van der Waals surface area contributed by atoms with E-state index in [4.69, 9.17) is 0 Å². The molecule has 0 aliphatic rings. The predicted octanol–water partition coefficient (Wildman–Crippen LogP) is 2.60. The number of carbonyl (C=O) groups is 1. The van der Waals surface area contributed by atoms with Gasteiger partial charge in [-0.05, 0) is 35.7 Å². The molecule has 2 aromatic heterocycles. The Morgan fingerprint density at radius 1 is 1.09 bits per heavy atom. The van der Waals surface area contributed by atoms with Crippen molar-refractivity contribution in [2.45, 2.75) is 13.0 Å². The summed E-state index contributed by atoms with van der Waals surface area (Å²) in [6.07, 6.45) is 6.23. The first-order chi connectivity index (χ1) is 10.8. The van der Waals surface area contributed by atoms with Gasteiger partial charge in [-0.15, -0.1) is 0 Å². The molecule has 2 amide bonds. The van der Waals surface area contributed by atoms with Gasteiger partial charge >= 0.3 is 6.03 Å². The average Bonchev–Trinajstić information content (AvgIpc) is 2.97. The van der Waals surface area contributed by atoms with Crippen molar-refractivity contribution in [2.24, 2.45) is 0 Å². The summed E-state index contributed by atoms with van der Waals surface area (Å²) in [5, 5.41) is 6.92. The van der Waals surface area contributed by atoms with Gasteiger partial charge < -0.3 is 15.6 Å². The molecule has 0 unspecified atom stereocenters. The number of H-pyrrole nitrogens is 1. The van der Waals surface area contributed by atoms with Gasteiger partial charge in [0.05, 0.1) is 0 Å². The number of carbonyl (C=O) groups excluding carboxylic acids is 1. The molecule has 0 spiro atoms. The van der Waals surface area contributed by atoms with Crippen LogP contribution in [0.2, 0.25) is 0 Å². The number of nitrogens with one attached hydrogen (secondary N) is 3. The smallest absolute Gasteiger partial charge is 0.315 e. The first kappa shape index (κ1) is 14.1. The standard InChI is InChI=1S/C17H18N4O/c22-17(21-11-13-5-8-18-9-6-13)19-10-7-14-12-20-16-4-2-1-3-15(14)16/h1-6,8-9,12,20H,7,10-11H2,(H2,19,21,22). The van der Waals surface area contributed by atoms with Gasteiger partial charge in [0.25, 0.3) is 0 Å². The van der Waals surface area contributed by atoms with E-state index in [2.05, 4.69) is 26.7 Å². The number of aromatic nitrogens is 2. The maximum Gasteiger partial charge on any atom is 0.315 e. The van der Waals surface area contributed by atoms with Gasteiger partial charge in [0.15, 0.2) is 0 Å². The summed E-state index contributed by atoms with van der Waals surface area (Å²) in [6, 6.07) is 11.8. The van der Waals surface area contributed by atoms with Gasteiger partial charge in [0.2, 0.25) is 0 Å². The Kier molecular flexibility index (Phi) is 4.34. The Bertz CT molecular complexity index is 751. The van der Waals surface area contributed by atoms with E-state index in [1.165, 1.54) is 10.9 Å². The molecular formula is C17H18N4O. The molecule has 5 heteroatoms. The van der Waals surface area contributed by atoms with Gasteiger partial charge in [-0.25, -0.2) is 4.79 Å². The van der Waals surface area contributed by atoms with Gasteiger partial charge in [-0.3, -0.25) is 4.98 Å². The second-order valence-corrected chi connectivity index (χ2v) is 5.07. The fraction of sp³-hybridized carbons (Fsp3) is 0.176. The summed E-state index contributed by atoms with van der Waals surface area (Å²) in [7, 11) is 0. The normalized spacial score (nSPS) is 10.5. The van der Waals surface area contributed by atoms with Crippen LogP contribution in [-0.4, -0.2) is 22.5 Å². The van der Waals surface area contributed by atoms with Crippen LogP contribution in [0.25, 0.3) is 10.9 Å². The molecule has 3 aromatic rings. The van der Waals surface area contributed by atoms with Gasteiger partial charge in [0.1, 0.15) is 0 Å². The first-order valence-electron chi connectivity index (χ1n) is 7.28. The van der Waals surface area contributed by atoms with Crippen LogP contribution in [0.3, 0.4) is 0 Å². The molecule has 5 nitrogen and oxygen atoms in total. The van der Waals surface area contributed by atoms with Crippen molar-refractivity contribution in [3.63, 3.8) is 0 Å². The highest BCUT2D eigenvalue weighted by atomic mass is 16.2. The number of hydrogen-bond acceptors (Lipinski definition) is 2. The molecule has 0 bridgehead atoms. The van der Waals surface area contributed by atoms with E-state index in [0.29, 0.717) is 13.1 Å². The van der Waals surface area contributed by atoms with Crippen molar-refractivity contribution in [1.29, 1.82) is 0 Å². The third-order valence-electron chi connectivity index (χ3n) is 3.56. The highest BCUT2D eigenvalue weighted by molar-refractivity contribution is 5.83. The molecule has 22 heavy (non-hydrogen) atoms. The summed E-state index contributed by atoms with van der Waals surface area (Å²) in [5.74, 6) is 0. The topological polar surface area (TPSA) is 69.8 Å². The lowest BCUT2D eigenvalue weighted by Gasteiger charge is -2.07. The van der Waals surface area contributed by atoms with Crippen molar-refractivity contribution >= 4 is 16.9 Å². The van der Waals surface area contributed by atoms with Gasteiger partial charge in [-0.1, -0.05) is 18.2 Å². The van der Waals surface area contributed by atoms with Crippen LogP contribution in [0.15, 0.2) is 55.0 Å². The zero-order valence-corrected chi connectivity index (χ0v) is 12.2. The van der Waals surface area contributed by atoms with E-state index in [1.807, 2.05) is 36.5 Å². The Balaban J connectivity index is 1.45. The second-order valence-electron chi connectivity index (χ2n) is 5.07. The maximum atomic E-state index is 11.8. The Morgan fingerprint density at radius 3 is 2.77 bits per heavy atom. The van der Waals surface area contributed by atoms with Crippen LogP contribution in [-0.2, 0) is 13.0 Å². The number of aromatic amines is 1. The molecule has 0 radical (unpaired) electrons. The predicted molar refractivity (Wildman–Crippen MR) is 86.5 cm³/mol. The average molecular weight is 294 g/mol. The molecule has 112 valence electrons. The molecule has 1 aromatic carbocycles. The minimum absolute atomic E-state index is 0.156. The fourth-order valence-corrected chi connectivity index (χ4v) is 2.39. The van der Waals surface area contributed by atoms with E-state index in [9.17, 15) is 4.79 Å². The van der Waals surface area contributed by atoms with Crippen molar-refractivity contribution in [3.05, 3.63) is 66.1 Å². The van der Waals surface area contributed by atoms with Gasteiger partial charge in [0, 0.05) is 42.6 Å². The minimum atomic E-state index is -0.156. The largest absolute Gasteiger partial charge is 0.361 e. The Hall–Kier alpha value is -2.82. The van der Waals surface area contributed by atoms with Crippen LogP contribution in [0.1, 0.15) is 11.1 Å². The zero-order valence-electron chi connectivity index (χ0n) is 12.2. The lowest BCUT2D eigenvalue weighted by atomic mass is 10.1. The summed E-state index contributed by atoms with van der Waals surface area (Å²) in [4.78, 5) is 18.9. The number of pyridine rings is 1. The first-order valence-corrected chi connectivity index (χ1v) is 7.28. The molecule has 3 rings (SSSR count). The molecule has 0 atom stereocenters. The SMILES string of the molecule is O=C(NCCc1c[nH]c2ccccc12)NCc1ccncc1. The lowest BCUT2D eigenvalue weighted by Crippen LogP contribution is -2.36. The second kappa shape index (κ2) is 6.76. The van der Waals surface area contributed by atoms with Crippen molar-refractivity contribution in [1.82, 2.24) is 20.6 Å². The maximum absolute atomic E-state index is 11.8. The number of nitrogens with zero attached hydrogens (tertiary/aromatic N) is 1. The molecular weight excluding hydrogens is 276 g/mol.